The number of carbonyl (C=O) groups is 2. The van der Waals surface area contributed by atoms with Crippen LogP contribution in [-0.2, 0) is 12.8 Å². The molecule has 1 aromatic heterocycles. The molecule has 3 aromatic rings. The van der Waals surface area contributed by atoms with Gasteiger partial charge in [0.25, 0.3) is 17.7 Å². The fraction of sp³-hybridized carbons (Fsp3) is 0.469. The van der Waals surface area contributed by atoms with Gasteiger partial charge in [-0.3, -0.25) is 9.59 Å². The largest absolute Gasteiger partial charge is 0.493 e. The van der Waals surface area contributed by atoms with Gasteiger partial charge in [-0.05, 0) is 43.9 Å². The fourth-order valence-electron chi connectivity index (χ4n) is 6.35. The van der Waals surface area contributed by atoms with Gasteiger partial charge in [0.1, 0.15) is 16.9 Å². The zero-order chi connectivity index (χ0) is 31.0. The quantitative estimate of drug-likeness (QED) is 0.342. The van der Waals surface area contributed by atoms with Gasteiger partial charge in [0.15, 0.2) is 0 Å². The van der Waals surface area contributed by atoms with Crippen LogP contribution in [0.15, 0.2) is 47.8 Å². The molecular weight excluding hydrogens is 593 g/mol. The summed E-state index contributed by atoms with van der Waals surface area (Å²) in [6, 6.07) is 9.87. The molecule has 2 saturated heterocycles. The monoisotopic (exact) mass is 628 g/mol. The maximum absolute atomic E-state index is 14.7. The SMILES string of the molecule is Cc1csc([C@H]2C[C@H](F)CN2C(=O)c2cc(C(=O)N[C@@H](Cc3ccccc3)[C@H](O)[C@@H]3CC(F)(F)CN3)cc3c2CCCO3)n1. The van der Waals surface area contributed by atoms with Crippen LogP contribution in [0.3, 0.4) is 0 Å². The average molecular weight is 629 g/mol. The summed E-state index contributed by atoms with van der Waals surface area (Å²) in [5.74, 6) is -3.54. The molecule has 8 nitrogen and oxygen atoms in total. The van der Waals surface area contributed by atoms with Crippen LogP contribution >= 0.6 is 11.3 Å². The van der Waals surface area contributed by atoms with Crippen LogP contribution in [-0.4, -0.2) is 76.8 Å². The first-order valence-corrected chi connectivity index (χ1v) is 15.8. The number of thiazole rings is 1. The van der Waals surface area contributed by atoms with Gasteiger partial charge < -0.3 is 25.4 Å². The normalized spacial score (nSPS) is 23.9. The van der Waals surface area contributed by atoms with Gasteiger partial charge in [-0.15, -0.1) is 11.3 Å². The molecule has 6 rings (SSSR count). The van der Waals surface area contributed by atoms with Gasteiger partial charge in [-0.25, -0.2) is 18.2 Å². The summed E-state index contributed by atoms with van der Waals surface area (Å²) < 4.78 is 48.6. The molecule has 0 bridgehead atoms. The van der Waals surface area contributed by atoms with Crippen LogP contribution in [0.1, 0.15) is 67.8 Å². The Bertz CT molecular complexity index is 1520. The minimum absolute atomic E-state index is 0.0848. The number of likely N-dealkylation sites (tertiary alicyclic amines) is 1. The number of fused-ring (bicyclic) bond motifs is 1. The number of aliphatic hydroxyl groups excluding tert-OH is 1. The second-order valence-electron chi connectivity index (χ2n) is 11.9. The van der Waals surface area contributed by atoms with Gasteiger partial charge in [0.05, 0.1) is 37.9 Å². The van der Waals surface area contributed by atoms with Crippen molar-refractivity contribution < 1.29 is 32.6 Å². The molecule has 0 aliphatic carbocycles. The van der Waals surface area contributed by atoms with Crippen molar-refractivity contribution in [1.82, 2.24) is 20.5 Å². The van der Waals surface area contributed by atoms with Crippen molar-refractivity contribution in [2.45, 2.75) is 75.4 Å². The highest BCUT2D eigenvalue weighted by Crippen LogP contribution is 2.38. The van der Waals surface area contributed by atoms with E-state index in [1.54, 1.807) is 6.07 Å². The smallest absolute Gasteiger partial charge is 0.261 e. The highest BCUT2D eigenvalue weighted by atomic mass is 32.1. The topological polar surface area (TPSA) is 104 Å². The molecule has 4 heterocycles. The van der Waals surface area contributed by atoms with E-state index >= 15 is 0 Å². The van der Waals surface area contributed by atoms with E-state index in [1.165, 1.54) is 22.3 Å². The Morgan fingerprint density at radius 3 is 2.77 bits per heavy atom. The number of aromatic nitrogens is 1. The maximum atomic E-state index is 14.7. The molecule has 12 heteroatoms. The lowest BCUT2D eigenvalue weighted by Gasteiger charge is -2.29. The van der Waals surface area contributed by atoms with E-state index in [-0.39, 0.29) is 30.5 Å². The van der Waals surface area contributed by atoms with Gasteiger partial charge in [-0.1, -0.05) is 30.3 Å². The number of alkyl halides is 3. The summed E-state index contributed by atoms with van der Waals surface area (Å²) in [6.45, 7) is 1.63. The van der Waals surface area contributed by atoms with Crippen LogP contribution in [0.2, 0.25) is 0 Å². The third-order valence-electron chi connectivity index (χ3n) is 8.54. The Balaban J connectivity index is 1.30. The molecule has 2 amide bonds. The molecule has 234 valence electrons. The third-order valence-corrected chi connectivity index (χ3v) is 9.61. The lowest BCUT2D eigenvalue weighted by atomic mass is 9.93. The van der Waals surface area contributed by atoms with E-state index in [9.17, 15) is 27.9 Å². The van der Waals surface area contributed by atoms with E-state index in [4.69, 9.17) is 4.74 Å². The highest BCUT2D eigenvalue weighted by molar-refractivity contribution is 7.09. The van der Waals surface area contributed by atoms with Gasteiger partial charge >= 0.3 is 0 Å². The second-order valence-corrected chi connectivity index (χ2v) is 12.8. The molecular formula is C32H35F3N4O4S. The molecule has 2 fully saturated rings. The Kier molecular flexibility index (Phi) is 8.67. The predicted molar refractivity (Wildman–Crippen MR) is 159 cm³/mol. The molecule has 0 spiro atoms. The number of aryl methyl sites for hydroxylation is 1. The molecule has 2 aromatic carbocycles. The zero-order valence-corrected chi connectivity index (χ0v) is 25.1. The van der Waals surface area contributed by atoms with E-state index < -0.39 is 61.1 Å². The number of aliphatic hydroxyl groups is 1. The molecule has 5 atom stereocenters. The zero-order valence-electron chi connectivity index (χ0n) is 24.3. The summed E-state index contributed by atoms with van der Waals surface area (Å²) in [5.41, 5.74) is 2.66. The van der Waals surface area contributed by atoms with Gasteiger partial charge in [0.2, 0.25) is 0 Å². The maximum Gasteiger partial charge on any atom is 0.261 e. The highest BCUT2D eigenvalue weighted by Gasteiger charge is 2.44. The number of ether oxygens (including phenoxy) is 1. The van der Waals surface area contributed by atoms with Crippen molar-refractivity contribution in [1.29, 1.82) is 0 Å². The number of carbonyl (C=O) groups excluding carboxylic acids is 2. The number of rotatable bonds is 8. The second kappa shape index (κ2) is 12.5. The Labute approximate surface area is 257 Å². The van der Waals surface area contributed by atoms with E-state index in [0.717, 1.165) is 11.3 Å². The molecule has 0 radical (unpaired) electrons. The average Bonchev–Trinajstić information content (AvgIpc) is 3.73. The van der Waals surface area contributed by atoms with Crippen LogP contribution in [0.4, 0.5) is 13.2 Å². The molecule has 3 N–H and O–H groups in total. The number of hydrogen-bond donors (Lipinski definition) is 3. The minimum Gasteiger partial charge on any atom is -0.493 e. The Hall–Kier alpha value is -3.48. The molecule has 0 unspecified atom stereocenters. The predicted octanol–water partition coefficient (Wildman–Crippen LogP) is 4.40. The molecule has 44 heavy (non-hydrogen) atoms. The van der Waals surface area contributed by atoms with Crippen molar-refractivity contribution in [3.63, 3.8) is 0 Å². The van der Waals surface area contributed by atoms with Crippen LogP contribution in [0.5, 0.6) is 5.75 Å². The van der Waals surface area contributed by atoms with Crippen LogP contribution in [0, 0.1) is 6.92 Å². The van der Waals surface area contributed by atoms with Crippen molar-refractivity contribution in [2.24, 2.45) is 0 Å². The number of hydrogen-bond acceptors (Lipinski definition) is 7. The minimum atomic E-state index is -2.96. The Morgan fingerprint density at radius 1 is 1.27 bits per heavy atom. The Morgan fingerprint density at radius 2 is 2.07 bits per heavy atom. The molecule has 3 aliphatic rings. The van der Waals surface area contributed by atoms with Gasteiger partial charge in [-0.2, -0.15) is 0 Å². The van der Waals surface area contributed by atoms with Crippen LogP contribution in [0.25, 0.3) is 0 Å². The number of nitrogens with zero attached hydrogens (tertiary/aromatic N) is 2. The van der Waals surface area contributed by atoms with Crippen LogP contribution < -0.4 is 15.4 Å². The number of nitrogens with one attached hydrogen (secondary N) is 2. The summed E-state index contributed by atoms with van der Waals surface area (Å²) in [5, 5.41) is 19.3. The van der Waals surface area contributed by atoms with Crippen molar-refractivity contribution in [3.8, 4) is 5.75 Å². The summed E-state index contributed by atoms with van der Waals surface area (Å²) >= 11 is 1.39. The lowest BCUT2D eigenvalue weighted by molar-refractivity contribution is 0.0112. The molecule has 0 saturated carbocycles. The number of halogens is 3. The van der Waals surface area contributed by atoms with Crippen molar-refractivity contribution >= 4 is 23.2 Å². The first kappa shape index (κ1) is 30.5. The van der Waals surface area contributed by atoms with E-state index in [2.05, 4.69) is 15.6 Å². The third kappa shape index (κ3) is 6.47. The van der Waals surface area contributed by atoms with Gasteiger partial charge in [0, 0.05) is 46.6 Å². The number of amides is 2. The van der Waals surface area contributed by atoms with E-state index in [1.807, 2.05) is 42.6 Å². The summed E-state index contributed by atoms with van der Waals surface area (Å²) in [6.07, 6.45) is -1.48. The summed E-state index contributed by atoms with van der Waals surface area (Å²) in [7, 11) is 0. The molecule has 3 aliphatic heterocycles. The first-order chi connectivity index (χ1) is 21.1. The van der Waals surface area contributed by atoms with E-state index in [0.29, 0.717) is 35.8 Å². The fourth-order valence-corrected chi connectivity index (χ4v) is 7.27. The lowest BCUT2D eigenvalue weighted by Crippen LogP contribution is -2.52. The first-order valence-electron chi connectivity index (χ1n) is 14.9. The number of benzene rings is 2. The van der Waals surface area contributed by atoms with Crippen molar-refractivity contribution in [3.05, 3.63) is 80.8 Å². The summed E-state index contributed by atoms with van der Waals surface area (Å²) in [4.78, 5) is 33.8. The standard InChI is InChI=1S/C32H35F3N4O4S/c1-18-16-44-30(37-18)26-13-21(33)15-39(26)31(42)23-11-20(12-27-22(23)8-5-9-43-27)29(41)38-24(10-19-6-3-2-4-7-19)28(40)25-14-32(34,35)17-36-25/h2-4,6-7,11-12,16,21,24-26,28,36,40H,5,8-10,13-15,17H2,1H3,(H,38,41)/t21-,24-,25-,26+,28-/m0/s1. The van der Waals surface area contributed by atoms with Crippen molar-refractivity contribution in [2.75, 3.05) is 19.7 Å².